The first-order valence-electron chi connectivity index (χ1n) is 12.5. The van der Waals surface area contributed by atoms with Crippen LogP contribution in [0.2, 0.25) is 0 Å². The van der Waals surface area contributed by atoms with Crippen LogP contribution in [0.4, 0.5) is 0 Å². The normalized spacial score (nSPS) is 10.5. The van der Waals surface area contributed by atoms with Gasteiger partial charge in [-0.15, -0.1) is 0 Å². The van der Waals surface area contributed by atoms with Crippen molar-refractivity contribution < 1.29 is 19.0 Å². The molecule has 0 amide bonds. The molecular weight excluding hydrogens is 472 g/mol. The van der Waals surface area contributed by atoms with E-state index in [1.807, 2.05) is 109 Å². The van der Waals surface area contributed by atoms with Gasteiger partial charge in [0, 0.05) is 11.1 Å². The summed E-state index contributed by atoms with van der Waals surface area (Å²) in [5, 5.41) is 0. The second-order valence-electron chi connectivity index (χ2n) is 8.87. The second kappa shape index (κ2) is 12.4. The molecule has 0 saturated carbocycles. The molecule has 5 aromatic carbocycles. The first kappa shape index (κ1) is 24.8. The van der Waals surface area contributed by atoms with Crippen molar-refractivity contribution in [3.63, 3.8) is 0 Å². The van der Waals surface area contributed by atoms with Crippen molar-refractivity contribution in [2.45, 2.75) is 19.8 Å². The Hall–Kier alpha value is -4.83. The molecule has 4 nitrogen and oxygen atoms in total. The Labute approximate surface area is 223 Å². The van der Waals surface area contributed by atoms with E-state index in [0.29, 0.717) is 42.4 Å². The van der Waals surface area contributed by atoms with E-state index in [4.69, 9.17) is 14.2 Å². The zero-order valence-corrected chi connectivity index (χ0v) is 21.0. The standard InChI is InChI=1S/C34H28O4/c35-34(30-14-8-16-33(22-30)38-24-27-11-5-2-6-12-27)29-17-19-31(20-18-29)36-25-28-13-7-15-32(21-28)37-23-26-9-3-1-4-10-26/h1-22H,23-25H2. The van der Waals surface area contributed by atoms with E-state index >= 15 is 0 Å². The molecule has 0 fully saturated rings. The number of ketones is 1. The van der Waals surface area contributed by atoms with Gasteiger partial charge in [-0.2, -0.15) is 0 Å². The van der Waals surface area contributed by atoms with Gasteiger partial charge in [-0.1, -0.05) is 84.9 Å². The number of rotatable bonds is 11. The Kier molecular flexibility index (Phi) is 8.12. The van der Waals surface area contributed by atoms with E-state index < -0.39 is 0 Å². The maximum absolute atomic E-state index is 13.1. The summed E-state index contributed by atoms with van der Waals surface area (Å²) in [5.74, 6) is 2.09. The number of benzene rings is 5. The highest BCUT2D eigenvalue weighted by Crippen LogP contribution is 2.21. The summed E-state index contributed by atoms with van der Waals surface area (Å²) in [5.41, 5.74) is 4.37. The zero-order valence-electron chi connectivity index (χ0n) is 21.0. The lowest BCUT2D eigenvalue weighted by molar-refractivity contribution is 0.103. The minimum Gasteiger partial charge on any atom is -0.489 e. The molecule has 5 aromatic rings. The second-order valence-corrected chi connectivity index (χ2v) is 8.87. The van der Waals surface area contributed by atoms with E-state index in [1.165, 1.54) is 0 Å². The van der Waals surface area contributed by atoms with Gasteiger partial charge < -0.3 is 14.2 Å². The summed E-state index contributed by atoms with van der Waals surface area (Å²) in [4.78, 5) is 13.1. The predicted molar refractivity (Wildman–Crippen MR) is 149 cm³/mol. The lowest BCUT2D eigenvalue weighted by Crippen LogP contribution is -2.03. The van der Waals surface area contributed by atoms with Crippen molar-refractivity contribution in [3.05, 3.63) is 161 Å². The summed E-state index contributed by atoms with van der Waals surface area (Å²) in [6.45, 7) is 1.37. The van der Waals surface area contributed by atoms with Crippen molar-refractivity contribution >= 4 is 5.78 Å². The molecule has 0 aliphatic rings. The molecule has 0 N–H and O–H groups in total. The number of ether oxygens (including phenoxy) is 3. The van der Waals surface area contributed by atoms with E-state index in [1.54, 1.807) is 24.3 Å². The van der Waals surface area contributed by atoms with Gasteiger partial charge in [0.05, 0.1) is 0 Å². The van der Waals surface area contributed by atoms with Crippen LogP contribution in [-0.4, -0.2) is 5.78 Å². The minimum absolute atomic E-state index is 0.0648. The third-order valence-electron chi connectivity index (χ3n) is 6.01. The average Bonchev–Trinajstić information content (AvgIpc) is 2.99. The summed E-state index contributed by atoms with van der Waals surface area (Å²) >= 11 is 0. The molecule has 0 unspecified atom stereocenters. The highest BCUT2D eigenvalue weighted by atomic mass is 16.5. The molecule has 0 spiro atoms. The van der Waals surface area contributed by atoms with Crippen molar-refractivity contribution in [3.8, 4) is 17.2 Å². The van der Waals surface area contributed by atoms with Crippen LogP contribution in [0.1, 0.15) is 32.6 Å². The topological polar surface area (TPSA) is 44.8 Å². The van der Waals surface area contributed by atoms with Gasteiger partial charge in [0.25, 0.3) is 0 Å². The summed E-state index contributed by atoms with van der Waals surface area (Å²) < 4.78 is 17.7. The van der Waals surface area contributed by atoms with Crippen molar-refractivity contribution in [2.24, 2.45) is 0 Å². The molecule has 0 saturated heterocycles. The molecule has 0 aromatic heterocycles. The Morgan fingerprint density at radius 2 is 0.921 bits per heavy atom. The van der Waals surface area contributed by atoms with Gasteiger partial charge >= 0.3 is 0 Å². The SMILES string of the molecule is O=C(c1ccc(OCc2cccc(OCc3ccccc3)c2)cc1)c1cccc(OCc2ccccc2)c1. The van der Waals surface area contributed by atoms with Crippen LogP contribution >= 0.6 is 0 Å². The van der Waals surface area contributed by atoms with Crippen LogP contribution < -0.4 is 14.2 Å². The van der Waals surface area contributed by atoms with Gasteiger partial charge in [0.15, 0.2) is 5.78 Å². The molecular formula is C34H28O4. The molecule has 0 aliphatic carbocycles. The van der Waals surface area contributed by atoms with Crippen LogP contribution in [0, 0.1) is 0 Å². The van der Waals surface area contributed by atoms with Gasteiger partial charge in [-0.3, -0.25) is 4.79 Å². The smallest absolute Gasteiger partial charge is 0.193 e. The fourth-order valence-corrected chi connectivity index (χ4v) is 3.97. The lowest BCUT2D eigenvalue weighted by atomic mass is 10.0. The van der Waals surface area contributed by atoms with Gasteiger partial charge in [0.2, 0.25) is 0 Å². The van der Waals surface area contributed by atoms with Gasteiger partial charge in [-0.25, -0.2) is 0 Å². The van der Waals surface area contributed by atoms with Gasteiger partial charge in [-0.05, 0) is 65.2 Å². The molecule has 38 heavy (non-hydrogen) atoms. The molecule has 0 heterocycles. The van der Waals surface area contributed by atoms with Crippen LogP contribution in [0.25, 0.3) is 0 Å². The molecule has 4 heteroatoms. The van der Waals surface area contributed by atoms with Crippen LogP contribution in [0.3, 0.4) is 0 Å². The Balaban J connectivity index is 1.15. The lowest BCUT2D eigenvalue weighted by Gasteiger charge is -2.10. The number of carbonyl (C=O) groups excluding carboxylic acids is 1. The molecule has 188 valence electrons. The molecule has 0 radical (unpaired) electrons. The average molecular weight is 501 g/mol. The molecule has 0 aliphatic heterocycles. The summed E-state index contributed by atoms with van der Waals surface area (Å²) in [7, 11) is 0. The predicted octanol–water partition coefficient (Wildman–Crippen LogP) is 7.65. The summed E-state index contributed by atoms with van der Waals surface area (Å²) in [6.07, 6.45) is 0. The highest BCUT2D eigenvalue weighted by molar-refractivity contribution is 6.09. The van der Waals surface area contributed by atoms with Crippen LogP contribution in [0.15, 0.2) is 133 Å². The maximum Gasteiger partial charge on any atom is 0.193 e. The Morgan fingerprint density at radius 1 is 0.421 bits per heavy atom. The van der Waals surface area contributed by atoms with E-state index in [2.05, 4.69) is 0 Å². The fourth-order valence-electron chi connectivity index (χ4n) is 3.97. The van der Waals surface area contributed by atoms with Crippen molar-refractivity contribution in [1.29, 1.82) is 0 Å². The largest absolute Gasteiger partial charge is 0.489 e. The van der Waals surface area contributed by atoms with E-state index in [0.717, 1.165) is 22.4 Å². The third kappa shape index (κ3) is 6.89. The minimum atomic E-state index is -0.0648. The van der Waals surface area contributed by atoms with E-state index in [-0.39, 0.29) is 5.78 Å². The zero-order chi connectivity index (χ0) is 26.0. The van der Waals surface area contributed by atoms with Crippen LogP contribution in [0.5, 0.6) is 17.2 Å². The third-order valence-corrected chi connectivity index (χ3v) is 6.01. The van der Waals surface area contributed by atoms with E-state index in [9.17, 15) is 4.79 Å². The quantitative estimate of drug-likeness (QED) is 0.175. The Morgan fingerprint density at radius 3 is 1.55 bits per heavy atom. The molecule has 5 rings (SSSR count). The maximum atomic E-state index is 13.1. The fraction of sp³-hybridized carbons (Fsp3) is 0.0882. The molecule has 0 bridgehead atoms. The monoisotopic (exact) mass is 500 g/mol. The number of hydrogen-bond donors (Lipinski definition) is 0. The Bertz CT molecular complexity index is 1460. The number of hydrogen-bond acceptors (Lipinski definition) is 4. The first-order valence-corrected chi connectivity index (χ1v) is 12.5. The van der Waals surface area contributed by atoms with Crippen molar-refractivity contribution in [1.82, 2.24) is 0 Å². The summed E-state index contributed by atoms with van der Waals surface area (Å²) in [6, 6.07) is 42.4. The van der Waals surface area contributed by atoms with Crippen molar-refractivity contribution in [2.75, 3.05) is 0 Å². The highest BCUT2D eigenvalue weighted by Gasteiger charge is 2.11. The van der Waals surface area contributed by atoms with Gasteiger partial charge in [0.1, 0.15) is 37.1 Å². The first-order chi connectivity index (χ1) is 18.7. The van der Waals surface area contributed by atoms with Crippen LogP contribution in [-0.2, 0) is 19.8 Å². The number of carbonyl (C=O) groups is 1. The molecule has 0 atom stereocenters.